The molecule has 1 aromatic carbocycles. The van der Waals surface area contributed by atoms with E-state index in [0.29, 0.717) is 11.5 Å². The third-order valence-corrected chi connectivity index (χ3v) is 5.02. The topological polar surface area (TPSA) is 64.0 Å². The van der Waals surface area contributed by atoms with Gasteiger partial charge in [0.05, 0.1) is 4.90 Å². The van der Waals surface area contributed by atoms with Crippen LogP contribution in [0.5, 0.6) is 0 Å². The number of anilines is 1. The molecule has 21 heavy (non-hydrogen) atoms. The van der Waals surface area contributed by atoms with Gasteiger partial charge in [0.15, 0.2) is 5.65 Å². The molecule has 0 saturated carbocycles. The fraction of sp³-hybridized carbons (Fsp3) is 0.133. The molecular weight excluding hydrogens is 286 g/mol. The Morgan fingerprint density at radius 2 is 1.76 bits per heavy atom. The minimum absolute atomic E-state index is 0.252. The minimum atomic E-state index is -3.64. The zero-order valence-corrected chi connectivity index (χ0v) is 12.6. The van der Waals surface area contributed by atoms with Gasteiger partial charge in [-0.25, -0.2) is 17.4 Å². The molecule has 3 aromatic rings. The molecular formula is C15H15N3O2S. The van der Waals surface area contributed by atoms with Crippen LogP contribution < -0.4 is 5.32 Å². The summed E-state index contributed by atoms with van der Waals surface area (Å²) in [6, 6.07) is 12.2. The van der Waals surface area contributed by atoms with E-state index >= 15 is 0 Å². The number of nitrogens with zero attached hydrogens (tertiary/aromatic N) is 2. The predicted octanol–water partition coefficient (Wildman–Crippen LogP) is 2.62. The lowest BCUT2D eigenvalue weighted by atomic mass is 10.2. The number of hydrogen-bond acceptors (Lipinski definition) is 4. The average Bonchev–Trinajstić information content (AvgIpc) is 2.91. The Labute approximate surface area is 123 Å². The van der Waals surface area contributed by atoms with Gasteiger partial charge in [-0.3, -0.25) is 0 Å². The van der Waals surface area contributed by atoms with E-state index in [0.717, 1.165) is 10.9 Å². The Kier molecular flexibility index (Phi) is 3.17. The molecule has 108 valence electrons. The highest BCUT2D eigenvalue weighted by Crippen LogP contribution is 2.22. The monoisotopic (exact) mass is 301 g/mol. The van der Waals surface area contributed by atoms with E-state index < -0.39 is 10.0 Å². The number of aromatic nitrogens is 2. The van der Waals surface area contributed by atoms with Crippen LogP contribution in [0.15, 0.2) is 53.6 Å². The summed E-state index contributed by atoms with van der Waals surface area (Å²) >= 11 is 0. The maximum absolute atomic E-state index is 12.7. The van der Waals surface area contributed by atoms with Crippen molar-refractivity contribution >= 4 is 26.9 Å². The van der Waals surface area contributed by atoms with E-state index in [2.05, 4.69) is 10.3 Å². The van der Waals surface area contributed by atoms with Gasteiger partial charge in [0, 0.05) is 18.6 Å². The molecule has 5 nitrogen and oxygen atoms in total. The number of fused-ring (bicyclic) bond motifs is 1. The second kappa shape index (κ2) is 4.89. The van der Waals surface area contributed by atoms with Crippen LogP contribution in [0, 0.1) is 6.92 Å². The van der Waals surface area contributed by atoms with Crippen molar-refractivity contribution in [2.24, 2.45) is 0 Å². The highest BCUT2D eigenvalue weighted by atomic mass is 32.2. The molecule has 0 aliphatic rings. The van der Waals surface area contributed by atoms with E-state index in [-0.39, 0.29) is 4.90 Å². The smallest absolute Gasteiger partial charge is 0.269 e. The molecule has 0 saturated heterocycles. The van der Waals surface area contributed by atoms with Crippen LogP contribution in [-0.2, 0) is 10.0 Å². The van der Waals surface area contributed by atoms with E-state index in [9.17, 15) is 8.42 Å². The Bertz CT molecular complexity index is 896. The van der Waals surface area contributed by atoms with E-state index in [1.807, 2.05) is 19.1 Å². The Hall–Kier alpha value is -2.34. The lowest BCUT2D eigenvalue weighted by Gasteiger charge is -2.08. The number of benzene rings is 1. The first-order valence-electron chi connectivity index (χ1n) is 6.50. The first-order chi connectivity index (χ1) is 10.0. The fourth-order valence-corrected chi connectivity index (χ4v) is 3.44. The van der Waals surface area contributed by atoms with Crippen molar-refractivity contribution in [2.75, 3.05) is 12.4 Å². The molecule has 0 unspecified atom stereocenters. The number of rotatable bonds is 3. The van der Waals surface area contributed by atoms with Crippen LogP contribution in [0.2, 0.25) is 0 Å². The third kappa shape index (κ3) is 2.27. The van der Waals surface area contributed by atoms with Gasteiger partial charge >= 0.3 is 0 Å². The van der Waals surface area contributed by atoms with Crippen LogP contribution in [0.3, 0.4) is 0 Å². The highest BCUT2D eigenvalue weighted by Gasteiger charge is 2.19. The normalized spacial score (nSPS) is 11.7. The van der Waals surface area contributed by atoms with Gasteiger partial charge in [-0.15, -0.1) is 0 Å². The van der Waals surface area contributed by atoms with Crippen molar-refractivity contribution in [1.29, 1.82) is 0 Å². The van der Waals surface area contributed by atoms with Crippen molar-refractivity contribution in [3.8, 4) is 0 Å². The van der Waals surface area contributed by atoms with Gasteiger partial charge in [-0.05, 0) is 37.3 Å². The zero-order valence-electron chi connectivity index (χ0n) is 11.7. The maximum Gasteiger partial charge on any atom is 0.269 e. The molecule has 0 aliphatic carbocycles. The summed E-state index contributed by atoms with van der Waals surface area (Å²) in [5, 5.41) is 3.70. The Balaban J connectivity index is 2.21. The standard InChI is InChI=1S/C15H15N3O2S/c1-11-3-6-13(7-4-11)21(19,20)18-10-9-12-5-8-14(16-2)17-15(12)18/h3-10H,1-2H3,(H,16,17). The largest absolute Gasteiger partial charge is 0.373 e. The lowest BCUT2D eigenvalue weighted by molar-refractivity contribution is 0.589. The molecule has 0 aliphatic heterocycles. The third-order valence-electron chi connectivity index (χ3n) is 3.34. The number of aryl methyl sites for hydroxylation is 1. The quantitative estimate of drug-likeness (QED) is 0.807. The maximum atomic E-state index is 12.7. The van der Waals surface area contributed by atoms with Crippen molar-refractivity contribution in [3.63, 3.8) is 0 Å². The molecule has 0 amide bonds. The Morgan fingerprint density at radius 1 is 1.05 bits per heavy atom. The van der Waals surface area contributed by atoms with Crippen molar-refractivity contribution < 1.29 is 8.42 Å². The number of hydrogen-bond donors (Lipinski definition) is 1. The average molecular weight is 301 g/mol. The zero-order chi connectivity index (χ0) is 15.0. The summed E-state index contributed by atoms with van der Waals surface area (Å²) in [6.07, 6.45) is 1.53. The van der Waals surface area contributed by atoms with Crippen LogP contribution in [0.25, 0.3) is 11.0 Å². The van der Waals surface area contributed by atoms with E-state index in [4.69, 9.17) is 0 Å². The fourth-order valence-electron chi connectivity index (χ4n) is 2.14. The lowest BCUT2D eigenvalue weighted by Crippen LogP contribution is -2.12. The summed E-state index contributed by atoms with van der Waals surface area (Å²) in [4.78, 5) is 4.59. The summed E-state index contributed by atoms with van der Waals surface area (Å²) in [5.41, 5.74) is 1.43. The number of nitrogens with one attached hydrogen (secondary N) is 1. The molecule has 1 N–H and O–H groups in total. The molecule has 0 bridgehead atoms. The number of pyridine rings is 1. The minimum Gasteiger partial charge on any atom is -0.373 e. The molecule has 0 spiro atoms. The first kappa shape index (κ1) is 13.6. The first-order valence-corrected chi connectivity index (χ1v) is 7.94. The predicted molar refractivity (Wildman–Crippen MR) is 83.0 cm³/mol. The van der Waals surface area contributed by atoms with Crippen LogP contribution in [0.1, 0.15) is 5.56 Å². The van der Waals surface area contributed by atoms with E-state index in [1.165, 1.54) is 10.2 Å². The summed E-state index contributed by atoms with van der Waals surface area (Å²) < 4.78 is 26.7. The second-order valence-electron chi connectivity index (χ2n) is 4.79. The molecule has 0 atom stereocenters. The molecule has 0 fully saturated rings. The van der Waals surface area contributed by atoms with Crippen molar-refractivity contribution in [2.45, 2.75) is 11.8 Å². The van der Waals surface area contributed by atoms with Crippen LogP contribution in [-0.4, -0.2) is 24.4 Å². The van der Waals surface area contributed by atoms with Gasteiger partial charge in [0.2, 0.25) is 0 Å². The highest BCUT2D eigenvalue weighted by molar-refractivity contribution is 7.90. The van der Waals surface area contributed by atoms with E-state index in [1.54, 1.807) is 37.4 Å². The summed E-state index contributed by atoms with van der Waals surface area (Å²) in [7, 11) is -1.89. The second-order valence-corrected chi connectivity index (χ2v) is 6.60. The molecule has 0 radical (unpaired) electrons. The summed E-state index contributed by atoms with van der Waals surface area (Å²) in [6.45, 7) is 1.92. The van der Waals surface area contributed by atoms with Gasteiger partial charge in [0.25, 0.3) is 10.0 Å². The molecule has 3 rings (SSSR count). The summed E-state index contributed by atoms with van der Waals surface area (Å²) in [5.74, 6) is 0.626. The van der Waals surface area contributed by atoms with Crippen molar-refractivity contribution in [3.05, 3.63) is 54.2 Å². The SMILES string of the molecule is CNc1ccc2ccn(S(=O)(=O)c3ccc(C)cc3)c2n1. The van der Waals surface area contributed by atoms with Gasteiger partial charge in [-0.2, -0.15) is 0 Å². The molecule has 2 aromatic heterocycles. The van der Waals surface area contributed by atoms with Gasteiger partial charge < -0.3 is 5.32 Å². The van der Waals surface area contributed by atoms with Gasteiger partial charge in [-0.1, -0.05) is 17.7 Å². The molecule has 6 heteroatoms. The molecule has 2 heterocycles. The van der Waals surface area contributed by atoms with Gasteiger partial charge in [0.1, 0.15) is 5.82 Å². The van der Waals surface area contributed by atoms with Crippen molar-refractivity contribution in [1.82, 2.24) is 8.96 Å². The van der Waals surface area contributed by atoms with Crippen LogP contribution >= 0.6 is 0 Å². The Morgan fingerprint density at radius 3 is 2.43 bits per heavy atom. The van der Waals surface area contributed by atoms with Crippen LogP contribution in [0.4, 0.5) is 5.82 Å².